The molecule has 0 fully saturated rings. The zero-order valence-electron chi connectivity index (χ0n) is 28.0. The van der Waals surface area contributed by atoms with Gasteiger partial charge in [-0.05, 0) is 31.4 Å². The lowest BCUT2D eigenvalue weighted by Gasteiger charge is -2.26. The van der Waals surface area contributed by atoms with E-state index in [4.69, 9.17) is 0 Å². The van der Waals surface area contributed by atoms with Gasteiger partial charge in [-0.3, -0.25) is 0 Å². The SMILES string of the molecule is CCCCCCCCCCCCCCCCCCN(CCCCCCCCCCCCCC)c1ccccc1C. The monoisotopic (exact) mass is 556 g/mol. The number of nitrogens with zero attached hydrogens (tertiary/aromatic N) is 1. The van der Waals surface area contributed by atoms with Gasteiger partial charge in [0.2, 0.25) is 0 Å². The maximum absolute atomic E-state index is 2.70. The van der Waals surface area contributed by atoms with E-state index in [1.165, 1.54) is 204 Å². The predicted octanol–water partition coefficient (Wildman–Crippen LogP) is 13.8. The molecule has 1 heteroatoms. The van der Waals surface area contributed by atoms with E-state index in [9.17, 15) is 0 Å². The summed E-state index contributed by atoms with van der Waals surface area (Å²) >= 11 is 0. The molecule has 0 spiro atoms. The maximum atomic E-state index is 2.70. The van der Waals surface area contributed by atoms with Crippen LogP contribution in [0.2, 0.25) is 0 Å². The maximum Gasteiger partial charge on any atom is 0.0395 e. The molecule has 0 N–H and O–H groups in total. The molecule has 0 amide bonds. The van der Waals surface area contributed by atoms with Gasteiger partial charge >= 0.3 is 0 Å². The van der Waals surface area contributed by atoms with Crippen LogP contribution in [0.15, 0.2) is 24.3 Å². The molecule has 0 aliphatic heterocycles. The van der Waals surface area contributed by atoms with Crippen LogP contribution in [0.5, 0.6) is 0 Å². The summed E-state index contributed by atoms with van der Waals surface area (Å²) in [4.78, 5) is 2.70. The minimum atomic E-state index is 1.24. The van der Waals surface area contributed by atoms with Crippen molar-refractivity contribution in [3.63, 3.8) is 0 Å². The number of unbranched alkanes of at least 4 members (excludes halogenated alkanes) is 26. The van der Waals surface area contributed by atoms with E-state index in [0.29, 0.717) is 0 Å². The number of benzene rings is 1. The van der Waals surface area contributed by atoms with Crippen LogP contribution in [0.4, 0.5) is 5.69 Å². The van der Waals surface area contributed by atoms with Crippen LogP contribution in [0.1, 0.15) is 199 Å². The van der Waals surface area contributed by atoms with Crippen LogP contribution < -0.4 is 4.90 Å². The van der Waals surface area contributed by atoms with Crippen molar-refractivity contribution >= 4 is 5.69 Å². The summed E-state index contributed by atoms with van der Waals surface area (Å²) < 4.78 is 0. The summed E-state index contributed by atoms with van der Waals surface area (Å²) in [6.07, 6.45) is 40.3. The predicted molar refractivity (Wildman–Crippen MR) is 184 cm³/mol. The van der Waals surface area contributed by atoms with Crippen molar-refractivity contribution in [1.82, 2.24) is 0 Å². The molecule has 1 rings (SSSR count). The molecular weight excluding hydrogens is 482 g/mol. The van der Waals surface area contributed by atoms with E-state index < -0.39 is 0 Å². The fraction of sp³-hybridized carbons (Fsp3) is 0.846. The second kappa shape index (κ2) is 29.5. The van der Waals surface area contributed by atoms with Gasteiger partial charge < -0.3 is 4.90 Å². The zero-order chi connectivity index (χ0) is 28.8. The van der Waals surface area contributed by atoms with Crippen LogP contribution >= 0.6 is 0 Å². The molecule has 0 saturated carbocycles. The van der Waals surface area contributed by atoms with Gasteiger partial charge in [0.15, 0.2) is 0 Å². The van der Waals surface area contributed by atoms with E-state index in [2.05, 4.69) is 49.9 Å². The summed E-state index contributed by atoms with van der Waals surface area (Å²) in [6, 6.07) is 9.06. The topological polar surface area (TPSA) is 3.24 Å². The highest BCUT2D eigenvalue weighted by atomic mass is 15.1. The molecular formula is C39H73N. The van der Waals surface area contributed by atoms with Gasteiger partial charge in [0.25, 0.3) is 0 Å². The molecule has 0 atom stereocenters. The Hall–Kier alpha value is -0.980. The van der Waals surface area contributed by atoms with Crippen LogP contribution in [0, 0.1) is 6.92 Å². The Labute approximate surface area is 253 Å². The molecule has 0 heterocycles. The third kappa shape index (κ3) is 22.7. The summed E-state index contributed by atoms with van der Waals surface area (Å²) in [5, 5.41) is 0. The number of para-hydroxylation sites is 1. The lowest BCUT2D eigenvalue weighted by atomic mass is 10.0. The number of hydrogen-bond acceptors (Lipinski definition) is 1. The number of aryl methyl sites for hydroxylation is 1. The van der Waals surface area contributed by atoms with E-state index in [-0.39, 0.29) is 0 Å². The minimum Gasteiger partial charge on any atom is -0.371 e. The number of rotatable bonds is 31. The van der Waals surface area contributed by atoms with Gasteiger partial charge in [-0.2, -0.15) is 0 Å². The molecule has 0 aliphatic rings. The van der Waals surface area contributed by atoms with E-state index in [1.54, 1.807) is 0 Å². The van der Waals surface area contributed by atoms with Gasteiger partial charge in [0.05, 0.1) is 0 Å². The van der Waals surface area contributed by atoms with Crippen molar-refractivity contribution in [1.29, 1.82) is 0 Å². The van der Waals surface area contributed by atoms with E-state index in [1.807, 2.05) is 0 Å². The van der Waals surface area contributed by atoms with Crippen molar-refractivity contribution in [2.45, 2.75) is 201 Å². The Balaban J connectivity index is 2.05. The Morgan fingerprint density at radius 2 is 0.650 bits per heavy atom. The molecule has 1 aromatic rings. The zero-order valence-corrected chi connectivity index (χ0v) is 28.0. The minimum absolute atomic E-state index is 1.24. The van der Waals surface area contributed by atoms with Crippen molar-refractivity contribution in [3.8, 4) is 0 Å². The largest absolute Gasteiger partial charge is 0.371 e. The first kappa shape index (κ1) is 37.0. The Morgan fingerprint density at radius 3 is 0.950 bits per heavy atom. The van der Waals surface area contributed by atoms with Crippen LogP contribution in [-0.2, 0) is 0 Å². The third-order valence-electron chi connectivity index (χ3n) is 9.02. The molecule has 0 aliphatic carbocycles. The fourth-order valence-corrected chi connectivity index (χ4v) is 6.27. The smallest absolute Gasteiger partial charge is 0.0395 e. The molecule has 1 nitrogen and oxygen atoms in total. The van der Waals surface area contributed by atoms with Crippen LogP contribution in [0.25, 0.3) is 0 Å². The normalized spacial score (nSPS) is 11.4. The standard InChI is InChI=1S/C39H73N/c1-4-6-8-10-12-14-16-18-19-20-21-23-25-27-29-33-37-40(39-35-31-30-34-38(39)3)36-32-28-26-24-22-17-15-13-11-9-7-5-2/h30-31,34-35H,4-29,32-33,36-37H2,1-3H3. The molecule has 40 heavy (non-hydrogen) atoms. The van der Waals surface area contributed by atoms with Gasteiger partial charge in [-0.15, -0.1) is 0 Å². The van der Waals surface area contributed by atoms with E-state index in [0.717, 1.165) is 0 Å². The molecule has 0 radical (unpaired) electrons. The third-order valence-corrected chi connectivity index (χ3v) is 9.02. The Morgan fingerprint density at radius 1 is 0.375 bits per heavy atom. The van der Waals surface area contributed by atoms with Crippen molar-refractivity contribution in [2.75, 3.05) is 18.0 Å². The Bertz CT molecular complexity index is 623. The van der Waals surface area contributed by atoms with Crippen LogP contribution in [-0.4, -0.2) is 13.1 Å². The van der Waals surface area contributed by atoms with Gasteiger partial charge in [-0.1, -0.05) is 199 Å². The summed E-state index contributed by atoms with van der Waals surface area (Å²) in [6.45, 7) is 9.38. The summed E-state index contributed by atoms with van der Waals surface area (Å²) in [7, 11) is 0. The van der Waals surface area contributed by atoms with Crippen molar-refractivity contribution in [2.24, 2.45) is 0 Å². The van der Waals surface area contributed by atoms with Gasteiger partial charge in [0, 0.05) is 18.8 Å². The van der Waals surface area contributed by atoms with Crippen LogP contribution in [0.3, 0.4) is 0 Å². The highest BCUT2D eigenvalue weighted by Gasteiger charge is 2.08. The lowest BCUT2D eigenvalue weighted by molar-refractivity contribution is 0.527. The first-order chi connectivity index (χ1) is 19.8. The second-order valence-corrected chi connectivity index (χ2v) is 13.0. The highest BCUT2D eigenvalue weighted by Crippen LogP contribution is 2.22. The molecule has 0 saturated heterocycles. The van der Waals surface area contributed by atoms with E-state index >= 15 is 0 Å². The molecule has 0 bridgehead atoms. The molecule has 234 valence electrons. The Kier molecular flexibility index (Phi) is 27.3. The number of hydrogen-bond donors (Lipinski definition) is 0. The molecule has 1 aromatic carbocycles. The summed E-state index contributed by atoms with van der Waals surface area (Å²) in [5.74, 6) is 0. The average molecular weight is 556 g/mol. The number of anilines is 1. The molecule has 0 unspecified atom stereocenters. The average Bonchev–Trinajstić information content (AvgIpc) is 2.96. The first-order valence-electron chi connectivity index (χ1n) is 18.6. The van der Waals surface area contributed by atoms with Crippen molar-refractivity contribution < 1.29 is 0 Å². The quantitative estimate of drug-likeness (QED) is 0.0823. The van der Waals surface area contributed by atoms with Gasteiger partial charge in [0.1, 0.15) is 0 Å². The summed E-state index contributed by atoms with van der Waals surface area (Å²) in [5.41, 5.74) is 2.92. The highest BCUT2D eigenvalue weighted by molar-refractivity contribution is 5.52. The second-order valence-electron chi connectivity index (χ2n) is 13.0. The fourth-order valence-electron chi connectivity index (χ4n) is 6.27. The van der Waals surface area contributed by atoms with Crippen molar-refractivity contribution in [3.05, 3.63) is 29.8 Å². The lowest BCUT2D eigenvalue weighted by Crippen LogP contribution is -2.26. The molecule has 0 aromatic heterocycles. The van der Waals surface area contributed by atoms with Gasteiger partial charge in [-0.25, -0.2) is 0 Å². The first-order valence-corrected chi connectivity index (χ1v) is 18.6.